The van der Waals surface area contributed by atoms with Gasteiger partial charge in [0.25, 0.3) is 0 Å². The lowest BCUT2D eigenvalue weighted by Gasteiger charge is -2.07. The van der Waals surface area contributed by atoms with Gasteiger partial charge in [-0.1, -0.05) is 23.2 Å². The van der Waals surface area contributed by atoms with Gasteiger partial charge in [0.05, 0.1) is 5.02 Å². The zero-order valence-electron chi connectivity index (χ0n) is 11.1. The van der Waals surface area contributed by atoms with E-state index < -0.39 is 10.0 Å². The van der Waals surface area contributed by atoms with E-state index in [1.807, 2.05) is 0 Å². The summed E-state index contributed by atoms with van der Waals surface area (Å²) in [6.07, 6.45) is 3.91. The fraction of sp³-hybridized carbons (Fsp3) is 0.500. The van der Waals surface area contributed by atoms with Gasteiger partial charge in [0.15, 0.2) is 0 Å². The molecule has 0 unspecified atom stereocenters. The number of nitrogens with one attached hydrogen (secondary N) is 2. The third-order valence-corrected chi connectivity index (χ3v) is 5.01. The Morgan fingerprint density at radius 2 is 2.10 bits per heavy atom. The van der Waals surface area contributed by atoms with Crippen LogP contribution in [-0.2, 0) is 14.8 Å². The molecule has 0 spiro atoms. The average Bonchev–Trinajstić information content (AvgIpc) is 3.22. The Hall–Kier alpha value is -0.890. The molecule has 21 heavy (non-hydrogen) atoms. The van der Waals surface area contributed by atoms with Crippen LogP contribution < -0.4 is 10.0 Å². The molecule has 1 aromatic rings. The van der Waals surface area contributed by atoms with E-state index in [-0.39, 0.29) is 27.5 Å². The van der Waals surface area contributed by atoms with Crippen molar-refractivity contribution in [1.82, 2.24) is 15.0 Å². The van der Waals surface area contributed by atoms with E-state index in [1.54, 1.807) is 0 Å². The summed E-state index contributed by atoms with van der Waals surface area (Å²) in [6.45, 7) is 0.167. The number of pyridine rings is 1. The third-order valence-electron chi connectivity index (χ3n) is 2.90. The van der Waals surface area contributed by atoms with Gasteiger partial charge in [-0.05, 0) is 25.3 Å². The maximum absolute atomic E-state index is 12.0. The van der Waals surface area contributed by atoms with Gasteiger partial charge in [-0.25, -0.2) is 18.1 Å². The van der Waals surface area contributed by atoms with E-state index in [0.717, 1.165) is 19.0 Å². The quantitative estimate of drug-likeness (QED) is 0.578. The van der Waals surface area contributed by atoms with E-state index in [0.29, 0.717) is 18.9 Å². The summed E-state index contributed by atoms with van der Waals surface area (Å²) in [6, 6.07) is 1.55. The van der Waals surface area contributed by atoms with Crippen LogP contribution in [0.3, 0.4) is 0 Å². The molecule has 1 amide bonds. The minimum absolute atomic E-state index is 0.0482. The van der Waals surface area contributed by atoms with Crippen LogP contribution in [0.15, 0.2) is 17.2 Å². The number of rotatable bonds is 7. The summed E-state index contributed by atoms with van der Waals surface area (Å²) >= 11 is 11.4. The van der Waals surface area contributed by atoms with Gasteiger partial charge in [-0.2, -0.15) is 0 Å². The van der Waals surface area contributed by atoms with E-state index in [2.05, 4.69) is 15.0 Å². The second-order valence-corrected chi connectivity index (χ2v) is 7.32. The van der Waals surface area contributed by atoms with E-state index in [1.165, 1.54) is 6.07 Å². The van der Waals surface area contributed by atoms with Crippen molar-refractivity contribution in [3.63, 3.8) is 0 Å². The lowest BCUT2D eigenvalue weighted by molar-refractivity contribution is -0.121. The van der Waals surface area contributed by atoms with Crippen LogP contribution in [0.4, 0.5) is 0 Å². The molecule has 6 nitrogen and oxygen atoms in total. The van der Waals surface area contributed by atoms with E-state index in [9.17, 15) is 13.2 Å². The Kier molecular flexibility index (Phi) is 5.43. The first-order valence-electron chi connectivity index (χ1n) is 6.48. The molecule has 0 bridgehead atoms. The maximum atomic E-state index is 12.0. The number of hydrogen-bond acceptors (Lipinski definition) is 4. The molecule has 1 aromatic heterocycles. The second-order valence-electron chi connectivity index (χ2n) is 4.79. The highest BCUT2D eigenvalue weighted by Gasteiger charge is 2.23. The summed E-state index contributed by atoms with van der Waals surface area (Å²) < 4.78 is 26.3. The van der Waals surface area contributed by atoms with Crippen molar-refractivity contribution in [1.29, 1.82) is 0 Å². The van der Waals surface area contributed by atoms with E-state index in [4.69, 9.17) is 23.2 Å². The number of carbonyl (C=O) groups excluding carboxylic acids is 1. The van der Waals surface area contributed by atoms with Gasteiger partial charge in [-0.15, -0.1) is 0 Å². The third kappa shape index (κ3) is 5.10. The molecule has 0 aromatic carbocycles. The molecule has 1 heterocycles. The van der Waals surface area contributed by atoms with Crippen LogP contribution >= 0.6 is 23.2 Å². The Bertz CT molecular complexity index is 633. The van der Waals surface area contributed by atoms with Crippen molar-refractivity contribution >= 4 is 39.1 Å². The normalized spacial score (nSPS) is 15.0. The molecular formula is C12H15Cl2N3O3S. The van der Waals surface area contributed by atoms with Gasteiger partial charge in [0, 0.05) is 25.2 Å². The van der Waals surface area contributed by atoms with Gasteiger partial charge < -0.3 is 5.32 Å². The smallest absolute Gasteiger partial charge is 0.242 e. The highest BCUT2D eigenvalue weighted by Crippen LogP contribution is 2.22. The number of amides is 1. The number of carbonyl (C=O) groups is 1. The van der Waals surface area contributed by atoms with E-state index >= 15 is 0 Å². The molecule has 0 atom stereocenters. The van der Waals surface area contributed by atoms with Crippen LogP contribution in [-0.4, -0.2) is 31.9 Å². The Labute approximate surface area is 133 Å². The minimum atomic E-state index is -3.70. The first-order chi connectivity index (χ1) is 9.88. The molecular weight excluding hydrogens is 337 g/mol. The van der Waals surface area contributed by atoms with Crippen molar-refractivity contribution in [2.24, 2.45) is 0 Å². The summed E-state index contributed by atoms with van der Waals surface area (Å²) in [7, 11) is -3.70. The topological polar surface area (TPSA) is 88.2 Å². The van der Waals surface area contributed by atoms with Gasteiger partial charge in [-0.3, -0.25) is 4.79 Å². The summed E-state index contributed by atoms with van der Waals surface area (Å²) in [5.41, 5.74) is 0. The molecule has 9 heteroatoms. The van der Waals surface area contributed by atoms with Crippen LogP contribution in [0.5, 0.6) is 0 Å². The highest BCUT2D eigenvalue weighted by molar-refractivity contribution is 7.89. The van der Waals surface area contributed by atoms with Gasteiger partial charge >= 0.3 is 0 Å². The fourth-order valence-electron chi connectivity index (χ4n) is 1.62. The molecule has 2 N–H and O–H groups in total. The number of aromatic nitrogens is 1. The monoisotopic (exact) mass is 351 g/mol. The SMILES string of the molecule is O=C(CCCNS(=O)(=O)c1cnc(Cl)c(Cl)c1)NC1CC1. The van der Waals surface area contributed by atoms with Crippen LogP contribution in [0.1, 0.15) is 25.7 Å². The fourth-order valence-corrected chi connectivity index (χ4v) is 3.00. The lowest BCUT2D eigenvalue weighted by atomic mass is 10.3. The Morgan fingerprint density at radius 3 is 2.71 bits per heavy atom. The number of sulfonamides is 1. The molecule has 1 fully saturated rings. The second kappa shape index (κ2) is 6.91. The van der Waals surface area contributed by atoms with Crippen molar-refractivity contribution in [3.05, 3.63) is 22.4 Å². The average molecular weight is 352 g/mol. The number of halogens is 2. The predicted molar refractivity (Wildman–Crippen MR) is 79.8 cm³/mol. The molecule has 1 aliphatic rings. The number of hydrogen-bond donors (Lipinski definition) is 2. The zero-order chi connectivity index (χ0) is 15.5. The Morgan fingerprint density at radius 1 is 1.38 bits per heavy atom. The van der Waals surface area contributed by atoms with Crippen molar-refractivity contribution in [2.75, 3.05) is 6.54 Å². The van der Waals surface area contributed by atoms with Gasteiger partial charge in [0.1, 0.15) is 10.0 Å². The molecule has 116 valence electrons. The summed E-state index contributed by atoms with van der Waals surface area (Å²) in [4.78, 5) is 15.1. The first-order valence-corrected chi connectivity index (χ1v) is 8.72. The Balaban J connectivity index is 1.80. The molecule has 0 radical (unpaired) electrons. The van der Waals surface area contributed by atoms with Crippen molar-refractivity contribution in [3.8, 4) is 0 Å². The molecule has 1 saturated carbocycles. The number of nitrogens with zero attached hydrogens (tertiary/aromatic N) is 1. The van der Waals surface area contributed by atoms with Crippen LogP contribution in [0.2, 0.25) is 10.2 Å². The molecule has 0 saturated heterocycles. The molecule has 2 rings (SSSR count). The molecule has 1 aliphatic carbocycles. The lowest BCUT2D eigenvalue weighted by Crippen LogP contribution is -2.28. The summed E-state index contributed by atoms with van der Waals surface area (Å²) in [5, 5.41) is 2.96. The minimum Gasteiger partial charge on any atom is -0.353 e. The highest BCUT2D eigenvalue weighted by atomic mass is 35.5. The van der Waals surface area contributed by atoms with Gasteiger partial charge in [0.2, 0.25) is 15.9 Å². The summed E-state index contributed by atoms with van der Waals surface area (Å²) in [5.74, 6) is -0.0482. The largest absolute Gasteiger partial charge is 0.353 e. The van der Waals surface area contributed by atoms with Crippen LogP contribution in [0, 0.1) is 0 Å². The predicted octanol–water partition coefficient (Wildman–Crippen LogP) is 1.73. The maximum Gasteiger partial charge on any atom is 0.242 e. The standard InChI is InChI=1S/C12H15Cl2N3O3S/c13-10-6-9(7-15-12(10)14)21(19,20)16-5-1-2-11(18)17-8-3-4-8/h6-8,16H,1-5H2,(H,17,18). The molecule has 0 aliphatic heterocycles. The van der Waals surface area contributed by atoms with Crippen LogP contribution in [0.25, 0.3) is 0 Å². The van der Waals surface area contributed by atoms with Crippen molar-refractivity contribution < 1.29 is 13.2 Å². The first kappa shape index (κ1) is 16.5. The zero-order valence-corrected chi connectivity index (χ0v) is 13.4. The van der Waals surface area contributed by atoms with Crippen molar-refractivity contribution in [2.45, 2.75) is 36.6 Å².